The van der Waals surface area contributed by atoms with Gasteiger partial charge in [-0.3, -0.25) is 9.59 Å². The van der Waals surface area contributed by atoms with E-state index in [1.165, 1.54) is 0 Å². The number of hydrogen-bond donors (Lipinski definition) is 1. The van der Waals surface area contributed by atoms with Crippen LogP contribution in [-0.2, 0) is 9.59 Å². The first-order valence-corrected chi connectivity index (χ1v) is 10.8. The highest BCUT2D eigenvalue weighted by Crippen LogP contribution is 2.40. The molecule has 0 radical (unpaired) electrons. The molecule has 1 atom stereocenters. The van der Waals surface area contributed by atoms with Gasteiger partial charge in [0.1, 0.15) is 0 Å². The molecule has 1 N–H and O–H groups in total. The van der Waals surface area contributed by atoms with E-state index in [4.69, 9.17) is 4.99 Å². The minimum atomic E-state index is -0.187. The van der Waals surface area contributed by atoms with Gasteiger partial charge in [0.05, 0.1) is 17.3 Å². The lowest BCUT2D eigenvalue weighted by molar-refractivity contribution is -0.125. The summed E-state index contributed by atoms with van der Waals surface area (Å²) in [4.78, 5) is 33.8. The summed E-state index contributed by atoms with van der Waals surface area (Å²) in [5.41, 5.74) is 3.28. The summed E-state index contributed by atoms with van der Waals surface area (Å²) in [5.74, 6) is 1.27. The van der Waals surface area contributed by atoms with Gasteiger partial charge in [-0.15, -0.1) is 0 Å². The minimum Gasteiger partial charge on any atom is -0.345 e. The van der Waals surface area contributed by atoms with Gasteiger partial charge in [0, 0.05) is 38.0 Å². The molecule has 0 bridgehead atoms. The summed E-state index contributed by atoms with van der Waals surface area (Å²) in [6.07, 6.45) is 3.01. The van der Waals surface area contributed by atoms with Crippen LogP contribution >= 0.6 is 11.8 Å². The molecule has 1 saturated heterocycles. The highest BCUT2D eigenvalue weighted by molar-refractivity contribution is 8.13. The molecule has 1 aromatic rings. The molecule has 28 heavy (non-hydrogen) atoms. The van der Waals surface area contributed by atoms with Crippen LogP contribution in [0.25, 0.3) is 0 Å². The average Bonchev–Trinajstić information content (AvgIpc) is 3.52. The Morgan fingerprint density at radius 3 is 2.79 bits per heavy atom. The fourth-order valence-electron chi connectivity index (χ4n) is 3.71. The number of anilines is 1. The van der Waals surface area contributed by atoms with Crippen molar-refractivity contribution in [3.05, 3.63) is 41.1 Å². The Hall–Kier alpha value is -2.28. The number of hydrogen-bond acceptors (Lipinski definition) is 5. The van der Waals surface area contributed by atoms with Crippen molar-refractivity contribution in [1.29, 1.82) is 0 Å². The largest absolute Gasteiger partial charge is 0.345 e. The van der Waals surface area contributed by atoms with Gasteiger partial charge in [0.2, 0.25) is 5.91 Å². The fourth-order valence-corrected chi connectivity index (χ4v) is 4.73. The normalized spacial score (nSPS) is 21.8. The molecule has 1 aromatic carbocycles. The van der Waals surface area contributed by atoms with Crippen LogP contribution in [0.3, 0.4) is 0 Å². The van der Waals surface area contributed by atoms with Crippen LogP contribution in [0.1, 0.15) is 37.8 Å². The fraction of sp³-hybridized carbons (Fsp3) is 0.476. The summed E-state index contributed by atoms with van der Waals surface area (Å²) >= 11 is 1.75. The first-order valence-electron chi connectivity index (χ1n) is 9.77. The van der Waals surface area contributed by atoms with Crippen molar-refractivity contribution in [2.24, 2.45) is 10.9 Å². The maximum absolute atomic E-state index is 13.0. The Kier molecular flexibility index (Phi) is 5.19. The molecule has 2 aliphatic heterocycles. The first kappa shape index (κ1) is 19.1. The van der Waals surface area contributed by atoms with E-state index in [-0.39, 0.29) is 23.8 Å². The van der Waals surface area contributed by atoms with Crippen molar-refractivity contribution in [2.75, 3.05) is 31.7 Å². The van der Waals surface area contributed by atoms with E-state index in [1.807, 2.05) is 31.2 Å². The maximum atomic E-state index is 13.0. The van der Waals surface area contributed by atoms with Crippen LogP contribution in [0, 0.1) is 5.92 Å². The molecule has 1 aliphatic carbocycles. The van der Waals surface area contributed by atoms with Crippen molar-refractivity contribution in [2.45, 2.75) is 32.2 Å². The van der Waals surface area contributed by atoms with Crippen LogP contribution < -0.4 is 5.32 Å². The molecular weight excluding hydrogens is 372 g/mol. The van der Waals surface area contributed by atoms with Gasteiger partial charge in [-0.2, -0.15) is 0 Å². The molecule has 2 amide bonds. The number of carbonyl (C=O) groups is 2. The van der Waals surface area contributed by atoms with Crippen molar-refractivity contribution in [3.8, 4) is 0 Å². The number of allylic oxidation sites excluding steroid dienone is 1. The number of amides is 2. The van der Waals surface area contributed by atoms with E-state index < -0.39 is 0 Å². The molecule has 3 aliphatic rings. The predicted molar refractivity (Wildman–Crippen MR) is 113 cm³/mol. The van der Waals surface area contributed by atoms with Crippen LogP contribution in [0.15, 0.2) is 40.5 Å². The lowest BCUT2D eigenvalue weighted by Gasteiger charge is -2.41. The molecular formula is C21H26N4O2S. The molecule has 6 nitrogen and oxygen atoms in total. The van der Waals surface area contributed by atoms with Gasteiger partial charge in [-0.1, -0.05) is 23.9 Å². The summed E-state index contributed by atoms with van der Waals surface area (Å²) in [7, 11) is 3.55. The predicted octanol–water partition coefficient (Wildman–Crippen LogP) is 3.25. The smallest absolute Gasteiger partial charge is 0.253 e. The monoisotopic (exact) mass is 398 g/mol. The van der Waals surface area contributed by atoms with Crippen LogP contribution in [0.2, 0.25) is 0 Å². The number of aliphatic imine (C=N–C) groups is 1. The van der Waals surface area contributed by atoms with Gasteiger partial charge in [0.15, 0.2) is 5.17 Å². The van der Waals surface area contributed by atoms with Crippen LogP contribution in [0.5, 0.6) is 0 Å². The summed E-state index contributed by atoms with van der Waals surface area (Å²) < 4.78 is 0. The van der Waals surface area contributed by atoms with Gasteiger partial charge in [0.25, 0.3) is 5.91 Å². The minimum absolute atomic E-state index is 0.0201. The number of benzene rings is 1. The molecule has 2 fully saturated rings. The number of nitrogens with zero attached hydrogens (tertiary/aromatic N) is 3. The van der Waals surface area contributed by atoms with E-state index >= 15 is 0 Å². The second-order valence-corrected chi connectivity index (χ2v) is 8.84. The number of fused-ring (bicyclic) bond motifs is 1. The molecule has 2 heterocycles. The van der Waals surface area contributed by atoms with Gasteiger partial charge >= 0.3 is 0 Å². The topological polar surface area (TPSA) is 65.0 Å². The molecule has 0 unspecified atom stereocenters. The third-order valence-electron chi connectivity index (χ3n) is 5.31. The Bertz CT molecular complexity index is 873. The van der Waals surface area contributed by atoms with E-state index in [0.717, 1.165) is 53.7 Å². The molecule has 1 saturated carbocycles. The highest BCUT2D eigenvalue weighted by atomic mass is 32.2. The quantitative estimate of drug-likeness (QED) is 0.846. The van der Waals surface area contributed by atoms with Crippen LogP contribution in [0.4, 0.5) is 5.69 Å². The number of rotatable bonds is 4. The Morgan fingerprint density at radius 1 is 1.29 bits per heavy atom. The average molecular weight is 399 g/mol. The summed E-state index contributed by atoms with van der Waals surface area (Å²) in [6.45, 7) is 2.79. The molecule has 4 rings (SSSR count). The van der Waals surface area contributed by atoms with E-state index in [0.29, 0.717) is 5.57 Å². The summed E-state index contributed by atoms with van der Waals surface area (Å²) in [6, 6.07) is 7.72. The number of nitrogens with one attached hydrogen (secondary N) is 1. The second-order valence-electron chi connectivity index (χ2n) is 7.78. The van der Waals surface area contributed by atoms with E-state index in [9.17, 15) is 9.59 Å². The van der Waals surface area contributed by atoms with Crippen molar-refractivity contribution >= 4 is 34.4 Å². The highest BCUT2D eigenvalue weighted by Gasteiger charge is 2.38. The molecule has 0 aromatic heterocycles. The summed E-state index contributed by atoms with van der Waals surface area (Å²) in [5, 5.41) is 4.01. The SMILES string of the molecule is CC1=C(C(=O)N(C)C)[C@H](c2cccc(NC(=O)C3CC3)c2)N2CCCSC2=N1. The lowest BCUT2D eigenvalue weighted by atomic mass is 9.93. The lowest BCUT2D eigenvalue weighted by Crippen LogP contribution is -2.43. The Balaban J connectivity index is 1.73. The number of carbonyl (C=O) groups excluding carboxylic acids is 2. The molecule has 148 valence electrons. The first-order chi connectivity index (χ1) is 13.5. The zero-order chi connectivity index (χ0) is 19.8. The van der Waals surface area contributed by atoms with Crippen molar-refractivity contribution < 1.29 is 9.59 Å². The van der Waals surface area contributed by atoms with Crippen molar-refractivity contribution in [1.82, 2.24) is 9.80 Å². The second kappa shape index (κ2) is 7.62. The van der Waals surface area contributed by atoms with E-state index in [1.54, 1.807) is 30.8 Å². The van der Waals surface area contributed by atoms with E-state index in [2.05, 4.69) is 10.2 Å². The third kappa shape index (κ3) is 3.68. The van der Waals surface area contributed by atoms with Crippen molar-refractivity contribution in [3.63, 3.8) is 0 Å². The number of thioether (sulfide) groups is 1. The maximum Gasteiger partial charge on any atom is 0.253 e. The molecule has 7 heteroatoms. The Labute approximate surface area is 170 Å². The Morgan fingerprint density at radius 2 is 2.07 bits per heavy atom. The standard InChI is InChI=1S/C21H26N4O2S/c1-13-17(20(27)24(2)3)18(25-10-5-11-28-21(25)22-13)15-6-4-7-16(12-15)23-19(26)14-8-9-14/h4,6-7,12,14,18H,5,8-11H2,1-3H3,(H,23,26)/t18-/m0/s1. The number of likely N-dealkylation sites (N-methyl/N-ethyl adjacent to an activating group) is 1. The zero-order valence-electron chi connectivity index (χ0n) is 16.6. The molecule has 0 spiro atoms. The number of amidine groups is 1. The zero-order valence-corrected chi connectivity index (χ0v) is 17.4. The third-order valence-corrected chi connectivity index (χ3v) is 6.39. The van der Waals surface area contributed by atoms with Gasteiger partial charge in [-0.25, -0.2) is 4.99 Å². The van der Waals surface area contributed by atoms with Gasteiger partial charge in [-0.05, 0) is 43.9 Å². The van der Waals surface area contributed by atoms with Gasteiger partial charge < -0.3 is 15.1 Å². The van der Waals surface area contributed by atoms with Crippen LogP contribution in [-0.4, -0.2) is 53.2 Å².